The van der Waals surface area contributed by atoms with Crippen LogP contribution in [0.15, 0.2) is 41.1 Å². The molecule has 2 aromatic heterocycles. The molecule has 5 heteroatoms. The Kier molecular flexibility index (Phi) is 3.23. The maximum atomic E-state index is 6.35. The van der Waals surface area contributed by atoms with Crippen LogP contribution in [0.25, 0.3) is 16.8 Å². The van der Waals surface area contributed by atoms with Crippen LogP contribution in [0.4, 0.5) is 0 Å². The van der Waals surface area contributed by atoms with Crippen molar-refractivity contribution in [1.82, 2.24) is 14.4 Å². The fourth-order valence-corrected chi connectivity index (χ4v) is 3.45. The van der Waals surface area contributed by atoms with Crippen molar-refractivity contribution >= 4 is 33.0 Å². The van der Waals surface area contributed by atoms with Crippen LogP contribution >= 0.6 is 27.5 Å². The predicted octanol–water partition coefficient (Wildman–Crippen LogP) is 5.08. The van der Waals surface area contributed by atoms with E-state index >= 15 is 0 Å². The van der Waals surface area contributed by atoms with E-state index < -0.39 is 0 Å². The standard InChI is InChI=1S/C16H13BrClN3/c17-12-6-2-5-11(9-12)13-14-15(18)19-7-8-21(14)16(20-13)10-3-1-4-10/h2,5-10H,1,3-4H2. The Balaban J connectivity index is 2.00. The summed E-state index contributed by atoms with van der Waals surface area (Å²) in [6, 6.07) is 8.14. The summed E-state index contributed by atoms with van der Waals surface area (Å²) in [6.45, 7) is 0. The molecule has 1 aromatic carbocycles. The van der Waals surface area contributed by atoms with Crippen LogP contribution in [0.3, 0.4) is 0 Å². The quantitative estimate of drug-likeness (QED) is 0.636. The molecule has 3 aromatic rings. The molecule has 21 heavy (non-hydrogen) atoms. The molecule has 1 aliphatic carbocycles. The van der Waals surface area contributed by atoms with Gasteiger partial charge in [-0.25, -0.2) is 9.97 Å². The summed E-state index contributed by atoms with van der Waals surface area (Å²) >= 11 is 9.87. The molecule has 3 nitrogen and oxygen atoms in total. The highest BCUT2D eigenvalue weighted by Gasteiger charge is 2.26. The van der Waals surface area contributed by atoms with Crippen LogP contribution in [-0.2, 0) is 0 Å². The normalized spacial score (nSPS) is 15.3. The number of imidazole rings is 1. The van der Waals surface area contributed by atoms with Gasteiger partial charge in [-0.2, -0.15) is 0 Å². The van der Waals surface area contributed by atoms with E-state index in [-0.39, 0.29) is 0 Å². The number of nitrogens with zero attached hydrogens (tertiary/aromatic N) is 3. The van der Waals surface area contributed by atoms with Crippen LogP contribution in [0.1, 0.15) is 31.0 Å². The fourth-order valence-electron chi connectivity index (χ4n) is 2.82. The van der Waals surface area contributed by atoms with Crippen molar-refractivity contribution in [1.29, 1.82) is 0 Å². The molecule has 0 aliphatic heterocycles. The lowest BCUT2D eigenvalue weighted by Gasteiger charge is -2.23. The molecule has 4 rings (SSSR count). The van der Waals surface area contributed by atoms with Gasteiger partial charge in [0.05, 0.1) is 5.69 Å². The van der Waals surface area contributed by atoms with Gasteiger partial charge in [0.15, 0.2) is 5.15 Å². The van der Waals surface area contributed by atoms with Gasteiger partial charge in [0.1, 0.15) is 11.3 Å². The minimum atomic E-state index is 0.505. The largest absolute Gasteiger partial charge is 0.299 e. The summed E-state index contributed by atoms with van der Waals surface area (Å²) in [4.78, 5) is 9.13. The van der Waals surface area contributed by atoms with Crippen LogP contribution in [0.5, 0.6) is 0 Å². The molecule has 0 unspecified atom stereocenters. The second kappa shape index (κ2) is 5.11. The van der Waals surface area contributed by atoms with Gasteiger partial charge in [-0.05, 0) is 25.0 Å². The topological polar surface area (TPSA) is 30.2 Å². The Morgan fingerprint density at radius 1 is 1.29 bits per heavy atom. The minimum absolute atomic E-state index is 0.505. The lowest BCUT2D eigenvalue weighted by molar-refractivity contribution is 0.400. The zero-order valence-corrected chi connectivity index (χ0v) is 13.6. The molecule has 0 saturated heterocycles. The molecular weight excluding hydrogens is 350 g/mol. The van der Waals surface area contributed by atoms with Gasteiger partial charge < -0.3 is 0 Å². The smallest absolute Gasteiger partial charge is 0.155 e. The van der Waals surface area contributed by atoms with Crippen LogP contribution in [0, 0.1) is 0 Å². The second-order valence-electron chi connectivity index (χ2n) is 5.39. The second-order valence-corrected chi connectivity index (χ2v) is 6.67. The molecular formula is C16H13BrClN3. The number of hydrogen-bond acceptors (Lipinski definition) is 2. The molecule has 1 saturated carbocycles. The fraction of sp³-hybridized carbons (Fsp3) is 0.250. The summed E-state index contributed by atoms with van der Waals surface area (Å²) in [5, 5.41) is 0.505. The molecule has 0 bridgehead atoms. The molecule has 0 spiro atoms. The van der Waals surface area contributed by atoms with Crippen molar-refractivity contribution in [2.45, 2.75) is 25.2 Å². The Morgan fingerprint density at radius 2 is 2.14 bits per heavy atom. The lowest BCUT2D eigenvalue weighted by atomic mass is 9.85. The van der Waals surface area contributed by atoms with E-state index in [0.29, 0.717) is 11.1 Å². The minimum Gasteiger partial charge on any atom is -0.299 e. The molecule has 1 fully saturated rings. The van der Waals surface area contributed by atoms with E-state index in [0.717, 1.165) is 27.1 Å². The third-order valence-corrected chi connectivity index (χ3v) is 4.88. The highest BCUT2D eigenvalue weighted by molar-refractivity contribution is 9.10. The first-order valence-corrected chi connectivity index (χ1v) is 8.19. The van der Waals surface area contributed by atoms with Crippen molar-refractivity contribution in [2.24, 2.45) is 0 Å². The maximum Gasteiger partial charge on any atom is 0.155 e. The molecule has 0 atom stereocenters. The number of halogens is 2. The van der Waals surface area contributed by atoms with E-state index in [1.807, 2.05) is 18.3 Å². The average Bonchev–Trinajstić information content (AvgIpc) is 2.78. The SMILES string of the molecule is Clc1nccn2c(C3CCC3)nc(-c3cccc(Br)c3)c12. The Labute approximate surface area is 136 Å². The monoisotopic (exact) mass is 361 g/mol. The van der Waals surface area contributed by atoms with E-state index in [1.165, 1.54) is 19.3 Å². The van der Waals surface area contributed by atoms with E-state index in [2.05, 4.69) is 37.4 Å². The van der Waals surface area contributed by atoms with Crippen molar-refractivity contribution in [2.75, 3.05) is 0 Å². The van der Waals surface area contributed by atoms with E-state index in [9.17, 15) is 0 Å². The van der Waals surface area contributed by atoms with Gasteiger partial charge in [-0.3, -0.25) is 4.40 Å². The number of benzene rings is 1. The molecule has 1 aliphatic rings. The van der Waals surface area contributed by atoms with Gasteiger partial charge in [-0.1, -0.05) is 46.1 Å². The highest BCUT2D eigenvalue weighted by Crippen LogP contribution is 2.39. The first kappa shape index (κ1) is 13.3. The Hall–Kier alpha value is -1.39. The Bertz CT molecular complexity index is 824. The highest BCUT2D eigenvalue weighted by atomic mass is 79.9. The lowest BCUT2D eigenvalue weighted by Crippen LogP contribution is -2.12. The molecule has 0 radical (unpaired) electrons. The first-order chi connectivity index (χ1) is 10.2. The van der Waals surface area contributed by atoms with Gasteiger partial charge in [0.2, 0.25) is 0 Å². The number of rotatable bonds is 2. The van der Waals surface area contributed by atoms with Gasteiger partial charge in [-0.15, -0.1) is 0 Å². The third-order valence-electron chi connectivity index (χ3n) is 4.11. The number of hydrogen-bond donors (Lipinski definition) is 0. The summed E-state index contributed by atoms with van der Waals surface area (Å²) in [5.41, 5.74) is 2.87. The molecule has 0 N–H and O–H groups in total. The molecule has 2 heterocycles. The molecule has 0 amide bonds. The molecule has 106 valence electrons. The van der Waals surface area contributed by atoms with Crippen LogP contribution in [0.2, 0.25) is 5.15 Å². The summed E-state index contributed by atoms with van der Waals surface area (Å²) < 4.78 is 3.14. The zero-order valence-electron chi connectivity index (χ0n) is 11.3. The van der Waals surface area contributed by atoms with Crippen molar-refractivity contribution < 1.29 is 0 Å². The van der Waals surface area contributed by atoms with Crippen LogP contribution < -0.4 is 0 Å². The van der Waals surface area contributed by atoms with E-state index in [1.54, 1.807) is 6.20 Å². The van der Waals surface area contributed by atoms with Gasteiger partial charge in [0.25, 0.3) is 0 Å². The van der Waals surface area contributed by atoms with Crippen LogP contribution in [-0.4, -0.2) is 14.4 Å². The van der Waals surface area contributed by atoms with Gasteiger partial charge in [0, 0.05) is 28.3 Å². The number of fused-ring (bicyclic) bond motifs is 1. The summed E-state index contributed by atoms with van der Waals surface area (Å²) in [7, 11) is 0. The average molecular weight is 363 g/mol. The van der Waals surface area contributed by atoms with Crippen molar-refractivity contribution in [3.8, 4) is 11.3 Å². The third kappa shape index (κ3) is 2.17. The summed E-state index contributed by atoms with van der Waals surface area (Å²) in [5.74, 6) is 1.65. The van der Waals surface area contributed by atoms with E-state index in [4.69, 9.17) is 16.6 Å². The van der Waals surface area contributed by atoms with Crippen molar-refractivity contribution in [3.63, 3.8) is 0 Å². The zero-order chi connectivity index (χ0) is 14.4. The first-order valence-electron chi connectivity index (χ1n) is 7.02. The van der Waals surface area contributed by atoms with Gasteiger partial charge >= 0.3 is 0 Å². The Morgan fingerprint density at radius 3 is 2.86 bits per heavy atom. The maximum absolute atomic E-state index is 6.35. The summed E-state index contributed by atoms with van der Waals surface area (Å²) in [6.07, 6.45) is 7.39. The number of aromatic nitrogens is 3. The predicted molar refractivity (Wildman–Crippen MR) is 87.7 cm³/mol. The van der Waals surface area contributed by atoms with Crippen molar-refractivity contribution in [3.05, 3.63) is 52.1 Å².